The minimum absolute atomic E-state index is 0.0505. The molecule has 0 aliphatic carbocycles. The summed E-state index contributed by atoms with van der Waals surface area (Å²) in [5, 5.41) is 2.91. The lowest BCUT2D eigenvalue weighted by atomic mass is 9.98. The van der Waals surface area contributed by atoms with Gasteiger partial charge in [0.15, 0.2) is 0 Å². The summed E-state index contributed by atoms with van der Waals surface area (Å²) in [5.74, 6) is 0.431. The molecule has 1 aliphatic rings. The number of nitrogens with one attached hydrogen (secondary N) is 1. The number of hydrogen-bond donors (Lipinski definition) is 1. The number of likely N-dealkylation sites (tertiary alicyclic amines) is 1. The summed E-state index contributed by atoms with van der Waals surface area (Å²) in [7, 11) is 1.61. The second-order valence-electron chi connectivity index (χ2n) is 5.91. The maximum Gasteiger partial charge on any atom is 0.310 e. The number of benzene rings is 1. The van der Waals surface area contributed by atoms with Crippen LogP contribution in [0.3, 0.4) is 0 Å². The Labute approximate surface area is 143 Å². The summed E-state index contributed by atoms with van der Waals surface area (Å²) >= 11 is 0. The fourth-order valence-electron chi connectivity index (χ4n) is 2.95. The average Bonchev–Trinajstić information content (AvgIpc) is 2.60. The molecule has 1 amide bonds. The lowest BCUT2D eigenvalue weighted by molar-refractivity contribution is -0.150. The molecule has 1 heterocycles. The van der Waals surface area contributed by atoms with E-state index < -0.39 is 0 Å². The minimum atomic E-state index is -0.156. The Hall–Kier alpha value is -2.08. The van der Waals surface area contributed by atoms with Crippen molar-refractivity contribution in [2.75, 3.05) is 33.4 Å². The molecule has 1 N–H and O–H groups in total. The Balaban J connectivity index is 1.80. The van der Waals surface area contributed by atoms with Crippen molar-refractivity contribution in [3.05, 3.63) is 29.8 Å². The van der Waals surface area contributed by atoms with Gasteiger partial charge in [-0.25, -0.2) is 0 Å². The highest BCUT2D eigenvalue weighted by Gasteiger charge is 2.27. The second kappa shape index (κ2) is 9.27. The van der Waals surface area contributed by atoms with Gasteiger partial charge in [-0.2, -0.15) is 0 Å². The summed E-state index contributed by atoms with van der Waals surface area (Å²) < 4.78 is 10.4. The Kier molecular flexibility index (Phi) is 7.06. The van der Waals surface area contributed by atoms with E-state index >= 15 is 0 Å². The van der Waals surface area contributed by atoms with E-state index in [1.165, 1.54) is 0 Å². The van der Waals surface area contributed by atoms with Crippen molar-refractivity contribution >= 4 is 11.9 Å². The number of carbonyl (C=O) groups excluding carboxylic acids is 2. The van der Waals surface area contributed by atoms with Gasteiger partial charge < -0.3 is 14.8 Å². The third kappa shape index (κ3) is 5.23. The molecule has 0 unspecified atom stereocenters. The van der Waals surface area contributed by atoms with Gasteiger partial charge in [0.2, 0.25) is 5.91 Å². The van der Waals surface area contributed by atoms with Gasteiger partial charge in [-0.15, -0.1) is 0 Å². The summed E-state index contributed by atoms with van der Waals surface area (Å²) in [6.45, 7) is 4.35. The van der Waals surface area contributed by atoms with E-state index in [0.717, 1.165) is 30.7 Å². The molecule has 24 heavy (non-hydrogen) atoms. The van der Waals surface area contributed by atoms with Crippen molar-refractivity contribution in [1.82, 2.24) is 10.2 Å². The molecule has 1 aliphatic heterocycles. The monoisotopic (exact) mass is 334 g/mol. The van der Waals surface area contributed by atoms with Gasteiger partial charge in [0.05, 0.1) is 26.2 Å². The van der Waals surface area contributed by atoms with E-state index in [-0.39, 0.29) is 17.8 Å². The van der Waals surface area contributed by atoms with E-state index in [4.69, 9.17) is 9.47 Å². The number of hydrogen-bond acceptors (Lipinski definition) is 5. The largest absolute Gasteiger partial charge is 0.496 e. The van der Waals surface area contributed by atoms with Crippen molar-refractivity contribution in [2.24, 2.45) is 5.92 Å². The summed E-state index contributed by atoms with van der Waals surface area (Å²) in [6, 6.07) is 7.61. The molecule has 0 aromatic heterocycles. The second-order valence-corrected chi connectivity index (χ2v) is 5.91. The average molecular weight is 334 g/mol. The zero-order chi connectivity index (χ0) is 17.4. The lowest BCUT2D eigenvalue weighted by Gasteiger charge is -2.30. The number of amides is 1. The first-order valence-corrected chi connectivity index (χ1v) is 8.41. The van der Waals surface area contributed by atoms with Gasteiger partial charge in [0, 0.05) is 18.7 Å². The van der Waals surface area contributed by atoms with Crippen molar-refractivity contribution in [3.8, 4) is 5.75 Å². The minimum Gasteiger partial charge on any atom is -0.496 e. The Morgan fingerprint density at radius 1 is 1.33 bits per heavy atom. The van der Waals surface area contributed by atoms with Crippen molar-refractivity contribution in [2.45, 2.75) is 26.3 Å². The molecule has 1 saturated heterocycles. The molecule has 0 spiro atoms. The third-order valence-electron chi connectivity index (χ3n) is 4.16. The Morgan fingerprint density at radius 2 is 2.12 bits per heavy atom. The SMILES string of the molecule is CCOC(=O)[C@H]1CCCN(CC(=O)NCc2ccccc2OC)C1. The van der Waals surface area contributed by atoms with Gasteiger partial charge in [-0.3, -0.25) is 14.5 Å². The molecular weight excluding hydrogens is 308 g/mol. The van der Waals surface area contributed by atoms with Crippen LogP contribution in [0.5, 0.6) is 5.75 Å². The molecule has 1 fully saturated rings. The lowest BCUT2D eigenvalue weighted by Crippen LogP contribution is -2.44. The normalized spacial score (nSPS) is 18.0. The highest BCUT2D eigenvalue weighted by atomic mass is 16.5. The standard InChI is InChI=1S/C18H26N2O4/c1-3-24-18(22)15-8-6-10-20(12-15)13-17(21)19-11-14-7-4-5-9-16(14)23-2/h4-5,7,9,15H,3,6,8,10-13H2,1-2H3,(H,19,21)/t15-/m0/s1. The van der Waals surface area contributed by atoms with Crippen LogP contribution in [-0.4, -0.2) is 50.1 Å². The number of piperidine rings is 1. The maximum atomic E-state index is 12.2. The summed E-state index contributed by atoms with van der Waals surface area (Å²) in [5.41, 5.74) is 0.941. The number of ether oxygens (including phenoxy) is 2. The fraction of sp³-hybridized carbons (Fsp3) is 0.556. The van der Waals surface area contributed by atoms with Crippen LogP contribution in [0.15, 0.2) is 24.3 Å². The van der Waals surface area contributed by atoms with Crippen LogP contribution in [0.2, 0.25) is 0 Å². The first-order chi connectivity index (χ1) is 11.6. The maximum absolute atomic E-state index is 12.2. The Morgan fingerprint density at radius 3 is 2.88 bits per heavy atom. The molecule has 2 rings (SSSR count). The third-order valence-corrected chi connectivity index (χ3v) is 4.16. The zero-order valence-corrected chi connectivity index (χ0v) is 14.4. The van der Waals surface area contributed by atoms with E-state index in [2.05, 4.69) is 5.32 Å². The van der Waals surface area contributed by atoms with Gasteiger partial charge in [-0.05, 0) is 32.4 Å². The van der Waals surface area contributed by atoms with Gasteiger partial charge in [-0.1, -0.05) is 18.2 Å². The molecule has 1 aromatic rings. The number of para-hydroxylation sites is 1. The van der Waals surface area contributed by atoms with E-state index in [0.29, 0.717) is 26.2 Å². The number of esters is 1. The molecule has 6 nitrogen and oxygen atoms in total. The smallest absolute Gasteiger partial charge is 0.310 e. The number of nitrogens with zero attached hydrogens (tertiary/aromatic N) is 1. The van der Waals surface area contributed by atoms with Gasteiger partial charge in [0.1, 0.15) is 5.75 Å². The van der Waals surface area contributed by atoms with Crippen LogP contribution in [0.4, 0.5) is 0 Å². The van der Waals surface area contributed by atoms with Crippen molar-refractivity contribution in [3.63, 3.8) is 0 Å². The van der Waals surface area contributed by atoms with Crippen LogP contribution in [0.25, 0.3) is 0 Å². The van der Waals surface area contributed by atoms with E-state index in [1.54, 1.807) is 7.11 Å². The van der Waals surface area contributed by atoms with E-state index in [9.17, 15) is 9.59 Å². The molecule has 132 valence electrons. The molecule has 0 bridgehead atoms. The number of rotatable bonds is 7. The molecule has 0 saturated carbocycles. The quantitative estimate of drug-likeness (QED) is 0.767. The van der Waals surface area contributed by atoms with Crippen LogP contribution in [0.1, 0.15) is 25.3 Å². The highest BCUT2D eigenvalue weighted by Crippen LogP contribution is 2.18. The summed E-state index contributed by atoms with van der Waals surface area (Å²) in [6.07, 6.45) is 1.74. The summed E-state index contributed by atoms with van der Waals surface area (Å²) in [4.78, 5) is 26.0. The molecule has 1 atom stereocenters. The fourth-order valence-corrected chi connectivity index (χ4v) is 2.95. The number of carbonyl (C=O) groups is 2. The molecular formula is C18H26N2O4. The van der Waals surface area contributed by atoms with Gasteiger partial charge >= 0.3 is 5.97 Å². The van der Waals surface area contributed by atoms with Crippen LogP contribution < -0.4 is 10.1 Å². The predicted octanol–water partition coefficient (Wildman–Crippen LogP) is 1.59. The Bertz CT molecular complexity index is 562. The number of methoxy groups -OCH3 is 1. The van der Waals surface area contributed by atoms with Crippen LogP contribution >= 0.6 is 0 Å². The first kappa shape index (κ1) is 18.3. The van der Waals surface area contributed by atoms with Crippen LogP contribution in [-0.2, 0) is 20.9 Å². The zero-order valence-electron chi connectivity index (χ0n) is 14.4. The predicted molar refractivity (Wildman–Crippen MR) is 90.6 cm³/mol. The van der Waals surface area contributed by atoms with E-state index in [1.807, 2.05) is 36.1 Å². The molecule has 0 radical (unpaired) electrons. The molecule has 1 aromatic carbocycles. The van der Waals surface area contributed by atoms with Gasteiger partial charge in [0.25, 0.3) is 0 Å². The van der Waals surface area contributed by atoms with Crippen molar-refractivity contribution in [1.29, 1.82) is 0 Å². The van der Waals surface area contributed by atoms with Crippen LogP contribution in [0, 0.1) is 5.92 Å². The first-order valence-electron chi connectivity index (χ1n) is 8.41. The van der Waals surface area contributed by atoms with Crippen molar-refractivity contribution < 1.29 is 19.1 Å². The highest BCUT2D eigenvalue weighted by molar-refractivity contribution is 5.78. The molecule has 6 heteroatoms. The topological polar surface area (TPSA) is 67.9 Å².